The van der Waals surface area contributed by atoms with Crippen LogP contribution in [0, 0.1) is 13.8 Å². The van der Waals surface area contributed by atoms with E-state index >= 15 is 0 Å². The van der Waals surface area contributed by atoms with Gasteiger partial charge in [-0.15, -0.1) is 5.10 Å². The molecule has 2 amide bonds. The molecule has 2 heterocycles. The number of primary amides is 1. The number of nitrogens with two attached hydrogens (primary N) is 1. The van der Waals surface area contributed by atoms with Gasteiger partial charge in [-0.3, -0.25) is 9.59 Å². The van der Waals surface area contributed by atoms with Crippen LogP contribution in [-0.4, -0.2) is 31.6 Å². The Morgan fingerprint density at radius 2 is 1.92 bits per heavy atom. The Kier molecular flexibility index (Phi) is 4.81. The summed E-state index contributed by atoms with van der Waals surface area (Å²) in [5.74, 6) is -1.13. The lowest BCUT2D eigenvalue weighted by Gasteiger charge is -2.10. The Morgan fingerprint density at radius 3 is 2.50 bits per heavy atom. The smallest absolute Gasteiger partial charge is 0.275 e. The molecular weight excluding hydrogens is 400 g/mol. The Hall–Kier alpha value is -3.07. The lowest BCUT2D eigenvalue weighted by molar-refractivity contribution is 0.100. The third kappa shape index (κ3) is 3.47. The molecule has 3 rings (SSSR count). The fraction of sp³-hybridized carbons (Fsp3) is 0.118. The second-order valence-corrected chi connectivity index (χ2v) is 6.55. The molecule has 0 aliphatic rings. The molecule has 3 N–H and O–H groups in total. The molecular formula is C17H15BrN6O2. The molecule has 0 atom stereocenters. The van der Waals surface area contributed by atoms with Gasteiger partial charge in [0.25, 0.3) is 11.8 Å². The minimum Gasteiger partial charge on any atom is -0.365 e. The molecule has 8 nitrogen and oxygen atoms in total. The van der Waals surface area contributed by atoms with Crippen LogP contribution in [0.1, 0.15) is 32.0 Å². The van der Waals surface area contributed by atoms with Gasteiger partial charge in [0, 0.05) is 16.9 Å². The molecule has 0 bridgehead atoms. The first-order valence-corrected chi connectivity index (χ1v) is 8.40. The number of rotatable bonds is 4. The molecule has 0 saturated carbocycles. The molecule has 0 spiro atoms. The summed E-state index contributed by atoms with van der Waals surface area (Å²) in [5.41, 5.74) is 8.40. The maximum atomic E-state index is 12.3. The number of benzene rings is 1. The number of anilines is 1. The van der Waals surface area contributed by atoms with Gasteiger partial charge in [-0.2, -0.15) is 0 Å². The molecule has 9 heteroatoms. The quantitative estimate of drug-likeness (QED) is 0.679. The van der Waals surface area contributed by atoms with Gasteiger partial charge in [-0.25, -0.2) is 14.6 Å². The topological polar surface area (TPSA) is 116 Å². The SMILES string of the molecule is Cc1cc(Br)cc(C)c1-n1cc(C(N)=O)c(NC(=O)c2ccncn2)n1. The number of carbonyl (C=O) groups is 2. The van der Waals surface area contributed by atoms with E-state index in [-0.39, 0.29) is 17.1 Å². The van der Waals surface area contributed by atoms with Crippen LogP contribution < -0.4 is 11.1 Å². The number of halogens is 1. The van der Waals surface area contributed by atoms with Crippen LogP contribution in [0.15, 0.2) is 41.4 Å². The lowest BCUT2D eigenvalue weighted by Crippen LogP contribution is -2.18. The number of nitrogens with zero attached hydrogens (tertiary/aromatic N) is 4. The number of hydrogen-bond donors (Lipinski definition) is 2. The van der Waals surface area contributed by atoms with E-state index in [0.717, 1.165) is 21.3 Å². The van der Waals surface area contributed by atoms with E-state index in [1.807, 2.05) is 26.0 Å². The third-order valence-corrected chi connectivity index (χ3v) is 4.17. The fourth-order valence-corrected chi connectivity index (χ4v) is 3.31. The van der Waals surface area contributed by atoms with Crippen LogP contribution in [-0.2, 0) is 0 Å². The lowest BCUT2D eigenvalue weighted by atomic mass is 10.1. The van der Waals surface area contributed by atoms with Gasteiger partial charge in [0.1, 0.15) is 17.6 Å². The number of aromatic nitrogens is 4. The van der Waals surface area contributed by atoms with Crippen molar-refractivity contribution in [2.45, 2.75) is 13.8 Å². The van der Waals surface area contributed by atoms with Crippen LogP contribution in [0.2, 0.25) is 0 Å². The maximum Gasteiger partial charge on any atom is 0.275 e. The normalized spacial score (nSPS) is 10.6. The zero-order valence-electron chi connectivity index (χ0n) is 14.0. The van der Waals surface area contributed by atoms with Crippen molar-refractivity contribution in [2.24, 2.45) is 5.73 Å². The molecule has 132 valence electrons. The van der Waals surface area contributed by atoms with Gasteiger partial charge in [0.05, 0.1) is 5.69 Å². The molecule has 0 unspecified atom stereocenters. The summed E-state index contributed by atoms with van der Waals surface area (Å²) in [6.07, 6.45) is 4.21. The highest BCUT2D eigenvalue weighted by Gasteiger charge is 2.19. The average molecular weight is 415 g/mol. The number of hydrogen-bond acceptors (Lipinski definition) is 5. The predicted octanol–water partition coefficient (Wildman–Crippen LogP) is 2.39. The highest BCUT2D eigenvalue weighted by atomic mass is 79.9. The fourth-order valence-electron chi connectivity index (χ4n) is 2.62. The Labute approximate surface area is 157 Å². The molecule has 3 aromatic rings. The van der Waals surface area contributed by atoms with Gasteiger partial charge in [-0.1, -0.05) is 15.9 Å². The third-order valence-electron chi connectivity index (χ3n) is 3.71. The number of carbonyl (C=O) groups excluding carboxylic acids is 2. The van der Waals surface area contributed by atoms with E-state index in [2.05, 4.69) is 36.3 Å². The van der Waals surface area contributed by atoms with Crippen LogP contribution in [0.4, 0.5) is 5.82 Å². The number of amides is 2. The summed E-state index contributed by atoms with van der Waals surface area (Å²) >= 11 is 3.45. The minimum atomic E-state index is -0.693. The Morgan fingerprint density at radius 1 is 1.23 bits per heavy atom. The molecule has 0 saturated heterocycles. The van der Waals surface area contributed by atoms with Gasteiger partial charge in [-0.05, 0) is 43.2 Å². The van der Waals surface area contributed by atoms with Crippen molar-refractivity contribution in [3.63, 3.8) is 0 Å². The minimum absolute atomic E-state index is 0.0721. The van der Waals surface area contributed by atoms with E-state index < -0.39 is 11.8 Å². The zero-order chi connectivity index (χ0) is 18.8. The molecule has 0 aliphatic carbocycles. The molecule has 0 aliphatic heterocycles. The largest absolute Gasteiger partial charge is 0.365 e. The van der Waals surface area contributed by atoms with Crippen molar-refractivity contribution in [1.29, 1.82) is 0 Å². The summed E-state index contributed by atoms with van der Waals surface area (Å²) < 4.78 is 2.48. The van der Waals surface area contributed by atoms with Crippen molar-refractivity contribution < 1.29 is 9.59 Å². The van der Waals surface area contributed by atoms with Crippen molar-refractivity contribution in [3.05, 3.63) is 63.8 Å². The first kappa shape index (κ1) is 17.7. The monoisotopic (exact) mass is 414 g/mol. The molecule has 0 fully saturated rings. The van der Waals surface area contributed by atoms with Gasteiger partial charge >= 0.3 is 0 Å². The van der Waals surface area contributed by atoms with Crippen LogP contribution in [0.3, 0.4) is 0 Å². The summed E-state index contributed by atoms with van der Waals surface area (Å²) in [6.45, 7) is 3.86. The molecule has 26 heavy (non-hydrogen) atoms. The highest BCUT2D eigenvalue weighted by molar-refractivity contribution is 9.10. The first-order valence-electron chi connectivity index (χ1n) is 7.60. The standard InChI is InChI=1S/C17H15BrN6O2/c1-9-5-11(18)6-10(2)14(9)24-7-12(15(19)25)16(23-24)22-17(26)13-3-4-20-8-21-13/h3-8H,1-2H3,(H2,19,25)(H,22,23,26). The van der Waals surface area contributed by atoms with E-state index in [1.165, 1.54) is 29.5 Å². The van der Waals surface area contributed by atoms with Crippen molar-refractivity contribution in [2.75, 3.05) is 5.32 Å². The van der Waals surface area contributed by atoms with Crippen LogP contribution in [0.25, 0.3) is 5.69 Å². The molecule has 1 aromatic carbocycles. The first-order chi connectivity index (χ1) is 12.4. The summed E-state index contributed by atoms with van der Waals surface area (Å²) in [6, 6.07) is 5.33. The van der Waals surface area contributed by atoms with Crippen molar-refractivity contribution in [3.8, 4) is 5.69 Å². The Bertz CT molecular complexity index is 977. The van der Waals surface area contributed by atoms with Crippen LogP contribution >= 0.6 is 15.9 Å². The van der Waals surface area contributed by atoms with Crippen molar-refractivity contribution >= 4 is 33.6 Å². The van der Waals surface area contributed by atoms with Gasteiger partial charge in [0.2, 0.25) is 0 Å². The summed E-state index contributed by atoms with van der Waals surface area (Å²) in [4.78, 5) is 31.7. The van der Waals surface area contributed by atoms with Gasteiger partial charge in [0.15, 0.2) is 5.82 Å². The second-order valence-electron chi connectivity index (χ2n) is 5.64. The van der Waals surface area contributed by atoms with E-state index in [0.29, 0.717) is 0 Å². The highest BCUT2D eigenvalue weighted by Crippen LogP contribution is 2.25. The molecule has 2 aromatic heterocycles. The van der Waals surface area contributed by atoms with E-state index in [9.17, 15) is 9.59 Å². The average Bonchev–Trinajstić information content (AvgIpc) is 2.98. The van der Waals surface area contributed by atoms with E-state index in [1.54, 1.807) is 0 Å². The number of nitrogens with one attached hydrogen (secondary N) is 1. The summed E-state index contributed by atoms with van der Waals surface area (Å²) in [7, 11) is 0. The second kappa shape index (κ2) is 7.04. The predicted molar refractivity (Wildman–Crippen MR) is 99.2 cm³/mol. The summed E-state index contributed by atoms with van der Waals surface area (Å²) in [5, 5.41) is 6.92. The van der Waals surface area contributed by atoms with E-state index in [4.69, 9.17) is 5.73 Å². The maximum absolute atomic E-state index is 12.3. The van der Waals surface area contributed by atoms with Gasteiger partial charge < -0.3 is 11.1 Å². The zero-order valence-corrected chi connectivity index (χ0v) is 15.6. The van der Waals surface area contributed by atoms with Crippen molar-refractivity contribution in [1.82, 2.24) is 19.7 Å². The number of aryl methyl sites for hydroxylation is 2. The Balaban J connectivity index is 2.03. The molecule has 0 radical (unpaired) electrons. The van der Waals surface area contributed by atoms with Crippen LogP contribution in [0.5, 0.6) is 0 Å².